The molecule has 3 aromatic rings. The molecule has 0 saturated carbocycles. The van der Waals surface area contributed by atoms with Crippen molar-refractivity contribution in [3.8, 4) is 11.3 Å². The van der Waals surface area contributed by atoms with Crippen LogP contribution < -0.4 is 5.73 Å². The van der Waals surface area contributed by atoms with E-state index in [9.17, 15) is 0 Å². The van der Waals surface area contributed by atoms with Gasteiger partial charge in [0.15, 0.2) is 0 Å². The Morgan fingerprint density at radius 2 is 1.82 bits per heavy atom. The molecular formula is C20H24N2. The number of nitrogens with two attached hydrogens (primary N) is 1. The third-order valence-electron chi connectivity index (χ3n) is 4.35. The summed E-state index contributed by atoms with van der Waals surface area (Å²) in [6, 6.07) is 15.3. The van der Waals surface area contributed by atoms with Crippen LogP contribution in [0.15, 0.2) is 42.5 Å². The Bertz CT molecular complexity index is 784. The Hall–Kier alpha value is -2.06. The van der Waals surface area contributed by atoms with E-state index in [0.717, 1.165) is 25.8 Å². The number of aromatic amines is 1. The fourth-order valence-corrected chi connectivity index (χ4v) is 3.23. The van der Waals surface area contributed by atoms with Crippen LogP contribution in [-0.2, 0) is 6.42 Å². The number of nitrogens with one attached hydrogen (secondary N) is 1. The first kappa shape index (κ1) is 14.9. The molecule has 0 spiro atoms. The van der Waals surface area contributed by atoms with Crippen molar-refractivity contribution in [2.24, 2.45) is 5.73 Å². The lowest BCUT2D eigenvalue weighted by Crippen LogP contribution is -1.99. The van der Waals surface area contributed by atoms with Crippen LogP contribution in [0.25, 0.3) is 22.2 Å². The van der Waals surface area contributed by atoms with E-state index in [1.54, 1.807) is 0 Å². The summed E-state index contributed by atoms with van der Waals surface area (Å²) in [5, 5.41) is 1.34. The smallest absolute Gasteiger partial charge is 0.0500 e. The topological polar surface area (TPSA) is 41.8 Å². The summed E-state index contributed by atoms with van der Waals surface area (Å²) >= 11 is 0. The monoisotopic (exact) mass is 292 g/mol. The summed E-state index contributed by atoms with van der Waals surface area (Å²) in [4.78, 5) is 3.64. The normalized spacial score (nSPS) is 11.2. The van der Waals surface area contributed by atoms with Crippen molar-refractivity contribution in [3.63, 3.8) is 0 Å². The highest BCUT2D eigenvalue weighted by Gasteiger charge is 2.14. The van der Waals surface area contributed by atoms with Crippen molar-refractivity contribution in [1.29, 1.82) is 0 Å². The fraction of sp³-hybridized carbons (Fsp3) is 0.300. The Kier molecular flexibility index (Phi) is 4.30. The molecule has 0 unspecified atom stereocenters. The highest BCUT2D eigenvalue weighted by molar-refractivity contribution is 5.91. The highest BCUT2D eigenvalue weighted by atomic mass is 14.7. The van der Waals surface area contributed by atoms with Crippen LogP contribution in [-0.4, -0.2) is 11.5 Å². The number of hydrogen-bond donors (Lipinski definition) is 2. The van der Waals surface area contributed by atoms with E-state index in [1.165, 1.54) is 38.9 Å². The molecule has 0 amide bonds. The molecule has 0 radical (unpaired) electrons. The molecule has 2 nitrogen and oxygen atoms in total. The summed E-state index contributed by atoms with van der Waals surface area (Å²) < 4.78 is 0. The number of aromatic nitrogens is 1. The van der Waals surface area contributed by atoms with Gasteiger partial charge >= 0.3 is 0 Å². The van der Waals surface area contributed by atoms with Crippen molar-refractivity contribution < 1.29 is 0 Å². The van der Waals surface area contributed by atoms with Gasteiger partial charge in [-0.2, -0.15) is 0 Å². The molecule has 2 aromatic carbocycles. The molecular weight excluding hydrogens is 268 g/mol. The first-order valence-electron chi connectivity index (χ1n) is 8.08. The molecule has 0 bridgehead atoms. The van der Waals surface area contributed by atoms with Crippen LogP contribution in [0.3, 0.4) is 0 Å². The summed E-state index contributed by atoms with van der Waals surface area (Å²) in [5.74, 6) is 0. The zero-order valence-corrected chi connectivity index (χ0v) is 13.4. The molecule has 0 fully saturated rings. The van der Waals surface area contributed by atoms with Gasteiger partial charge in [0.2, 0.25) is 0 Å². The van der Waals surface area contributed by atoms with Gasteiger partial charge in [-0.15, -0.1) is 0 Å². The van der Waals surface area contributed by atoms with E-state index in [2.05, 4.69) is 61.3 Å². The van der Waals surface area contributed by atoms with Crippen LogP contribution in [0.1, 0.15) is 29.5 Å². The minimum atomic E-state index is 0.765. The molecule has 0 atom stereocenters. The summed E-state index contributed by atoms with van der Waals surface area (Å²) in [6.07, 6.45) is 3.28. The zero-order chi connectivity index (χ0) is 15.5. The molecule has 1 heterocycles. The molecule has 0 aliphatic heterocycles. The van der Waals surface area contributed by atoms with E-state index in [-0.39, 0.29) is 0 Å². The van der Waals surface area contributed by atoms with Gasteiger partial charge in [-0.05, 0) is 56.8 Å². The van der Waals surface area contributed by atoms with Crippen molar-refractivity contribution in [2.75, 3.05) is 6.54 Å². The third-order valence-corrected chi connectivity index (χ3v) is 4.35. The predicted octanol–water partition coefficient (Wildman–Crippen LogP) is 4.73. The third kappa shape index (κ3) is 2.79. The number of benzene rings is 2. The van der Waals surface area contributed by atoms with Gasteiger partial charge in [-0.25, -0.2) is 0 Å². The molecule has 0 aliphatic carbocycles. The average molecular weight is 292 g/mol. The standard InChI is InChI=1S/C20H24N2/c1-14-10-11-16(15(2)13-14)20-18(8-5-6-12-21)17-7-3-4-9-19(17)22-20/h3-4,7,9-11,13,22H,5-6,8,12,21H2,1-2H3. The minimum Gasteiger partial charge on any atom is -0.354 e. The van der Waals surface area contributed by atoms with Crippen LogP contribution in [0, 0.1) is 13.8 Å². The lowest BCUT2D eigenvalue weighted by Gasteiger charge is -2.09. The minimum absolute atomic E-state index is 0.765. The van der Waals surface area contributed by atoms with Gasteiger partial charge in [-0.3, -0.25) is 0 Å². The lowest BCUT2D eigenvalue weighted by atomic mass is 9.97. The summed E-state index contributed by atoms with van der Waals surface area (Å²) in [7, 11) is 0. The molecule has 3 N–H and O–H groups in total. The SMILES string of the molecule is Cc1ccc(-c2[nH]c3ccccc3c2CCCCN)c(C)c1. The molecule has 3 rings (SSSR count). The average Bonchev–Trinajstić information content (AvgIpc) is 2.86. The number of H-pyrrole nitrogens is 1. The van der Waals surface area contributed by atoms with E-state index < -0.39 is 0 Å². The van der Waals surface area contributed by atoms with Crippen molar-refractivity contribution in [1.82, 2.24) is 4.98 Å². The van der Waals surface area contributed by atoms with Gasteiger partial charge in [0, 0.05) is 22.2 Å². The van der Waals surface area contributed by atoms with Crippen molar-refractivity contribution in [3.05, 3.63) is 59.2 Å². The van der Waals surface area contributed by atoms with Crippen molar-refractivity contribution in [2.45, 2.75) is 33.1 Å². The number of hydrogen-bond acceptors (Lipinski definition) is 1. The summed E-state index contributed by atoms with van der Waals surface area (Å²) in [5.41, 5.74) is 13.5. The Labute approximate surface area is 132 Å². The summed E-state index contributed by atoms with van der Waals surface area (Å²) in [6.45, 7) is 5.10. The van der Waals surface area contributed by atoms with E-state index in [0.29, 0.717) is 0 Å². The van der Waals surface area contributed by atoms with E-state index >= 15 is 0 Å². The van der Waals surface area contributed by atoms with Crippen LogP contribution in [0.4, 0.5) is 0 Å². The Morgan fingerprint density at radius 3 is 2.59 bits per heavy atom. The maximum Gasteiger partial charge on any atom is 0.0500 e. The first-order chi connectivity index (χ1) is 10.7. The van der Waals surface area contributed by atoms with Crippen molar-refractivity contribution >= 4 is 10.9 Å². The van der Waals surface area contributed by atoms with Gasteiger partial charge in [-0.1, -0.05) is 42.0 Å². The maximum atomic E-state index is 5.66. The number of fused-ring (bicyclic) bond motifs is 1. The lowest BCUT2D eigenvalue weighted by molar-refractivity contribution is 0.748. The molecule has 22 heavy (non-hydrogen) atoms. The first-order valence-corrected chi connectivity index (χ1v) is 8.08. The predicted molar refractivity (Wildman–Crippen MR) is 95.2 cm³/mol. The highest BCUT2D eigenvalue weighted by Crippen LogP contribution is 2.33. The largest absolute Gasteiger partial charge is 0.354 e. The second kappa shape index (κ2) is 6.37. The number of para-hydroxylation sites is 1. The number of rotatable bonds is 5. The van der Waals surface area contributed by atoms with Gasteiger partial charge in [0.1, 0.15) is 0 Å². The fourth-order valence-electron chi connectivity index (χ4n) is 3.23. The second-order valence-electron chi connectivity index (χ2n) is 6.09. The molecule has 114 valence electrons. The molecule has 2 heteroatoms. The Morgan fingerprint density at radius 1 is 1.00 bits per heavy atom. The van der Waals surface area contributed by atoms with Gasteiger partial charge in [0.05, 0.1) is 0 Å². The second-order valence-corrected chi connectivity index (χ2v) is 6.09. The van der Waals surface area contributed by atoms with Gasteiger partial charge in [0.25, 0.3) is 0 Å². The zero-order valence-electron chi connectivity index (χ0n) is 13.4. The maximum absolute atomic E-state index is 5.66. The van der Waals surface area contributed by atoms with E-state index in [4.69, 9.17) is 5.73 Å². The van der Waals surface area contributed by atoms with Gasteiger partial charge < -0.3 is 10.7 Å². The quantitative estimate of drug-likeness (QED) is 0.656. The molecule has 1 aromatic heterocycles. The van der Waals surface area contributed by atoms with Crippen LogP contribution in [0.5, 0.6) is 0 Å². The molecule has 0 saturated heterocycles. The van der Waals surface area contributed by atoms with Crippen LogP contribution in [0.2, 0.25) is 0 Å². The number of aryl methyl sites for hydroxylation is 3. The Balaban J connectivity index is 2.12. The number of unbranched alkanes of at least 4 members (excludes halogenated alkanes) is 1. The van der Waals surface area contributed by atoms with Crippen LogP contribution >= 0.6 is 0 Å². The molecule has 0 aliphatic rings. The van der Waals surface area contributed by atoms with E-state index in [1.807, 2.05) is 0 Å².